The van der Waals surface area contributed by atoms with Crippen molar-refractivity contribution in [3.8, 4) is 0 Å². The Kier molecular flexibility index (Phi) is 5.05. The van der Waals surface area contributed by atoms with Crippen LogP contribution in [0.5, 0.6) is 0 Å². The molecule has 1 rings (SSSR count). The number of ketones is 1. The molecule has 0 saturated heterocycles. The van der Waals surface area contributed by atoms with Crippen LogP contribution >= 0.6 is 0 Å². The first-order valence-corrected chi connectivity index (χ1v) is 5.59. The number of hydrogen-bond acceptors (Lipinski definition) is 4. The van der Waals surface area contributed by atoms with Gasteiger partial charge >= 0.3 is 5.97 Å². The van der Waals surface area contributed by atoms with E-state index >= 15 is 0 Å². The molecule has 0 aliphatic rings. The Labute approximate surface area is 105 Å². The van der Waals surface area contributed by atoms with Crippen LogP contribution in [0, 0.1) is 0 Å². The minimum atomic E-state index is -0.740. The molecule has 0 fully saturated rings. The fraction of sp³-hybridized carbons (Fsp3) is 0.308. The predicted molar refractivity (Wildman–Crippen MR) is 66.1 cm³/mol. The van der Waals surface area contributed by atoms with Crippen LogP contribution in [0.4, 0.5) is 5.69 Å². The summed E-state index contributed by atoms with van der Waals surface area (Å²) in [6, 6.07) is 8.85. The summed E-state index contributed by atoms with van der Waals surface area (Å²) in [4.78, 5) is 35.3. The molecule has 1 aromatic carbocycles. The van der Waals surface area contributed by atoms with Crippen molar-refractivity contribution in [3.05, 3.63) is 30.3 Å². The molecular formula is C13H15NO4. The lowest BCUT2D eigenvalue weighted by atomic mass is 10.2. The van der Waals surface area contributed by atoms with E-state index in [-0.39, 0.29) is 0 Å². The average molecular weight is 249 g/mol. The third-order valence-corrected chi connectivity index (χ3v) is 2.27. The zero-order valence-corrected chi connectivity index (χ0v) is 10.4. The van der Waals surface area contributed by atoms with Crippen molar-refractivity contribution in [1.82, 2.24) is 0 Å². The minimum absolute atomic E-state index is 0.370. The third-order valence-electron chi connectivity index (χ3n) is 2.27. The highest BCUT2D eigenvalue weighted by atomic mass is 16.5. The number of carbonyl (C=O) groups is 3. The molecule has 0 heterocycles. The lowest BCUT2D eigenvalue weighted by Gasteiger charge is -2.19. The topological polar surface area (TPSA) is 63.7 Å². The van der Waals surface area contributed by atoms with Crippen LogP contribution < -0.4 is 4.90 Å². The van der Waals surface area contributed by atoms with Gasteiger partial charge in [0, 0.05) is 19.2 Å². The number of amides is 1. The Bertz CT molecular complexity index is 442. The van der Waals surface area contributed by atoms with Crippen LogP contribution in [-0.2, 0) is 19.1 Å². The zero-order chi connectivity index (χ0) is 13.5. The first kappa shape index (κ1) is 13.9. The summed E-state index contributed by atoms with van der Waals surface area (Å²) in [6.07, 6.45) is 0. The van der Waals surface area contributed by atoms with Crippen molar-refractivity contribution >= 4 is 23.3 Å². The van der Waals surface area contributed by atoms with Gasteiger partial charge in [-0.05, 0) is 19.1 Å². The molecule has 0 aromatic heterocycles. The second kappa shape index (κ2) is 6.54. The zero-order valence-electron chi connectivity index (χ0n) is 10.4. The highest BCUT2D eigenvalue weighted by Crippen LogP contribution is 2.13. The van der Waals surface area contributed by atoms with E-state index in [2.05, 4.69) is 4.74 Å². The molecule has 5 heteroatoms. The van der Waals surface area contributed by atoms with E-state index in [0.29, 0.717) is 12.2 Å². The Morgan fingerprint density at radius 1 is 1.17 bits per heavy atom. The third kappa shape index (κ3) is 3.69. The minimum Gasteiger partial charge on any atom is -0.457 e. The normalized spacial score (nSPS) is 9.67. The van der Waals surface area contributed by atoms with E-state index in [1.807, 2.05) is 6.07 Å². The van der Waals surface area contributed by atoms with Gasteiger partial charge in [-0.1, -0.05) is 18.2 Å². The second-order valence-electron chi connectivity index (χ2n) is 3.59. The number of hydrogen-bond donors (Lipinski definition) is 0. The highest BCUT2D eigenvalue weighted by Gasteiger charge is 2.22. The fourth-order valence-corrected chi connectivity index (χ4v) is 1.43. The Hall–Kier alpha value is -2.17. The summed E-state index contributed by atoms with van der Waals surface area (Å²) in [7, 11) is 0. The van der Waals surface area contributed by atoms with Crippen LogP contribution in [0.2, 0.25) is 0 Å². The summed E-state index contributed by atoms with van der Waals surface area (Å²) in [5, 5.41) is 0. The van der Waals surface area contributed by atoms with Crippen molar-refractivity contribution in [2.24, 2.45) is 0 Å². The van der Waals surface area contributed by atoms with Crippen LogP contribution in [0.3, 0.4) is 0 Å². The van der Waals surface area contributed by atoms with E-state index in [1.54, 1.807) is 31.2 Å². The van der Waals surface area contributed by atoms with Crippen LogP contribution in [0.25, 0.3) is 0 Å². The quantitative estimate of drug-likeness (QED) is 0.580. The largest absolute Gasteiger partial charge is 0.457 e. The van der Waals surface area contributed by atoms with Crippen molar-refractivity contribution in [2.45, 2.75) is 13.8 Å². The van der Waals surface area contributed by atoms with Gasteiger partial charge < -0.3 is 9.64 Å². The number of nitrogens with zero attached hydrogens (tertiary/aromatic N) is 1. The molecule has 0 N–H and O–H groups in total. The lowest BCUT2D eigenvalue weighted by Crippen LogP contribution is -2.38. The van der Waals surface area contributed by atoms with E-state index in [4.69, 9.17) is 0 Å². The van der Waals surface area contributed by atoms with Gasteiger partial charge in [-0.2, -0.15) is 0 Å². The maximum atomic E-state index is 11.9. The number of carbonyl (C=O) groups excluding carboxylic acids is 3. The average Bonchev–Trinajstić information content (AvgIpc) is 2.38. The predicted octanol–water partition coefficient (Wildman–Crippen LogP) is 1.17. The molecule has 0 spiro atoms. The molecule has 5 nitrogen and oxygen atoms in total. The summed E-state index contributed by atoms with van der Waals surface area (Å²) in [5.41, 5.74) is 0.640. The van der Waals surface area contributed by atoms with Gasteiger partial charge in [0.15, 0.2) is 6.61 Å². The number of benzene rings is 1. The van der Waals surface area contributed by atoms with Crippen LogP contribution in [0.15, 0.2) is 30.3 Å². The van der Waals surface area contributed by atoms with Crippen LogP contribution in [-0.4, -0.2) is 30.8 Å². The van der Waals surface area contributed by atoms with E-state index < -0.39 is 24.3 Å². The molecule has 0 radical (unpaired) electrons. The Morgan fingerprint density at radius 2 is 1.78 bits per heavy atom. The molecule has 96 valence electrons. The summed E-state index contributed by atoms with van der Waals surface area (Å²) < 4.78 is 4.52. The van der Waals surface area contributed by atoms with E-state index in [9.17, 15) is 14.4 Å². The van der Waals surface area contributed by atoms with Gasteiger partial charge in [0.1, 0.15) is 0 Å². The highest BCUT2D eigenvalue weighted by molar-refractivity contribution is 6.41. The van der Waals surface area contributed by atoms with Gasteiger partial charge in [-0.25, -0.2) is 0 Å². The van der Waals surface area contributed by atoms with Crippen LogP contribution in [0.1, 0.15) is 13.8 Å². The number of para-hydroxylation sites is 1. The van der Waals surface area contributed by atoms with Gasteiger partial charge in [0.2, 0.25) is 0 Å². The summed E-state index contributed by atoms with van der Waals surface area (Å²) in [5.74, 6) is -2.00. The smallest absolute Gasteiger partial charge is 0.303 e. The standard InChI is InChI=1S/C13H15NO4/c1-3-14(11-7-5-4-6-8-11)13(17)12(16)9-18-10(2)15/h4-8H,3,9H2,1-2H3. The van der Waals surface area contributed by atoms with Gasteiger partial charge in [0.05, 0.1) is 0 Å². The summed E-state index contributed by atoms with van der Waals surface area (Å²) in [6.45, 7) is 2.81. The molecule has 18 heavy (non-hydrogen) atoms. The number of likely N-dealkylation sites (N-methyl/N-ethyl adjacent to an activating group) is 1. The molecule has 0 atom stereocenters. The molecule has 0 aliphatic heterocycles. The number of esters is 1. The van der Waals surface area contributed by atoms with Gasteiger partial charge in [0.25, 0.3) is 11.7 Å². The SMILES string of the molecule is CCN(C(=O)C(=O)COC(C)=O)c1ccccc1. The first-order chi connectivity index (χ1) is 8.56. The molecule has 1 aromatic rings. The van der Waals surface area contributed by atoms with Crippen molar-refractivity contribution < 1.29 is 19.1 Å². The number of Topliss-reactive ketones (excluding diaryl/α,β-unsaturated/α-hetero) is 1. The van der Waals surface area contributed by atoms with Crippen molar-refractivity contribution in [1.29, 1.82) is 0 Å². The van der Waals surface area contributed by atoms with Crippen molar-refractivity contribution in [2.75, 3.05) is 18.1 Å². The molecular weight excluding hydrogens is 234 g/mol. The van der Waals surface area contributed by atoms with Crippen molar-refractivity contribution in [3.63, 3.8) is 0 Å². The molecule has 1 amide bonds. The summed E-state index contributed by atoms with van der Waals surface area (Å²) >= 11 is 0. The second-order valence-corrected chi connectivity index (χ2v) is 3.59. The van der Waals surface area contributed by atoms with E-state index in [0.717, 1.165) is 0 Å². The number of anilines is 1. The molecule has 0 saturated carbocycles. The number of rotatable bonds is 5. The monoisotopic (exact) mass is 249 g/mol. The Morgan fingerprint density at radius 3 is 2.28 bits per heavy atom. The van der Waals surface area contributed by atoms with Gasteiger partial charge in [-0.15, -0.1) is 0 Å². The van der Waals surface area contributed by atoms with E-state index in [1.165, 1.54) is 11.8 Å². The maximum absolute atomic E-state index is 11.9. The van der Waals surface area contributed by atoms with Gasteiger partial charge in [-0.3, -0.25) is 14.4 Å². The Balaban J connectivity index is 2.74. The number of ether oxygens (including phenoxy) is 1. The fourth-order valence-electron chi connectivity index (χ4n) is 1.43. The lowest BCUT2D eigenvalue weighted by molar-refractivity contribution is -0.148. The molecule has 0 aliphatic carbocycles. The molecule has 0 bridgehead atoms. The molecule has 0 unspecified atom stereocenters. The first-order valence-electron chi connectivity index (χ1n) is 5.59. The maximum Gasteiger partial charge on any atom is 0.303 e.